The standard InChI is InChI=1S/C26H21ClN4O2/c27-21-12-6-4-10-19(21)15-30-17-29-24-20-11-5-7-13-22(20)31(25(24)26(30)33)16-23(32)28-14-18-8-2-1-3-9-18/h1-13,17H,14-16H2,(H,28,32). The Balaban J connectivity index is 1.54. The lowest BCUT2D eigenvalue weighted by Gasteiger charge is -2.10. The van der Waals surface area contributed by atoms with E-state index in [0.717, 1.165) is 22.0 Å². The highest BCUT2D eigenvalue weighted by atomic mass is 35.5. The average molecular weight is 457 g/mol. The Morgan fingerprint density at radius 1 is 0.939 bits per heavy atom. The number of amides is 1. The molecule has 0 saturated heterocycles. The molecule has 0 aliphatic heterocycles. The van der Waals surface area contributed by atoms with E-state index in [1.807, 2.05) is 72.8 Å². The molecule has 33 heavy (non-hydrogen) atoms. The van der Waals surface area contributed by atoms with Crippen LogP contribution >= 0.6 is 11.6 Å². The molecule has 0 atom stereocenters. The highest BCUT2D eigenvalue weighted by molar-refractivity contribution is 6.31. The number of hydrogen-bond donors (Lipinski definition) is 1. The van der Waals surface area contributed by atoms with Crippen LogP contribution in [0.15, 0.2) is 90.0 Å². The van der Waals surface area contributed by atoms with Crippen molar-refractivity contribution < 1.29 is 4.79 Å². The largest absolute Gasteiger partial charge is 0.350 e. The quantitative estimate of drug-likeness (QED) is 0.412. The smallest absolute Gasteiger partial charge is 0.278 e. The fraction of sp³-hybridized carbons (Fsp3) is 0.115. The van der Waals surface area contributed by atoms with E-state index in [4.69, 9.17) is 11.6 Å². The van der Waals surface area contributed by atoms with Crippen LogP contribution in [0.4, 0.5) is 0 Å². The van der Waals surface area contributed by atoms with Crippen molar-refractivity contribution in [2.45, 2.75) is 19.6 Å². The number of hydrogen-bond acceptors (Lipinski definition) is 3. The number of rotatable bonds is 6. The van der Waals surface area contributed by atoms with Crippen molar-refractivity contribution in [2.75, 3.05) is 0 Å². The SMILES string of the molecule is O=C(Cn1c2ccccc2c2ncn(Cc3ccccc3Cl)c(=O)c21)NCc1ccccc1. The molecule has 0 aliphatic rings. The zero-order valence-electron chi connectivity index (χ0n) is 17.7. The Kier molecular flexibility index (Phi) is 5.67. The molecule has 2 aromatic heterocycles. The maximum atomic E-state index is 13.5. The van der Waals surface area contributed by atoms with E-state index in [1.54, 1.807) is 17.0 Å². The van der Waals surface area contributed by atoms with Gasteiger partial charge in [-0.1, -0.05) is 78.3 Å². The lowest BCUT2D eigenvalue weighted by Crippen LogP contribution is -2.29. The fourth-order valence-corrected chi connectivity index (χ4v) is 4.23. The molecule has 1 amide bonds. The Morgan fingerprint density at radius 3 is 2.48 bits per heavy atom. The minimum Gasteiger partial charge on any atom is -0.350 e. The summed E-state index contributed by atoms with van der Waals surface area (Å²) in [4.78, 5) is 30.9. The number of halogens is 1. The molecule has 5 rings (SSSR count). The van der Waals surface area contributed by atoms with Crippen LogP contribution in [-0.2, 0) is 24.4 Å². The molecule has 0 radical (unpaired) electrons. The number of benzene rings is 3. The van der Waals surface area contributed by atoms with Gasteiger partial charge in [0.25, 0.3) is 5.56 Å². The van der Waals surface area contributed by atoms with E-state index >= 15 is 0 Å². The predicted octanol–water partition coefficient (Wildman–Crippen LogP) is 4.37. The third-order valence-electron chi connectivity index (χ3n) is 5.67. The summed E-state index contributed by atoms with van der Waals surface area (Å²) < 4.78 is 3.28. The van der Waals surface area contributed by atoms with Gasteiger partial charge in [0, 0.05) is 17.0 Å². The topological polar surface area (TPSA) is 68.9 Å². The van der Waals surface area contributed by atoms with Crippen molar-refractivity contribution >= 4 is 39.4 Å². The van der Waals surface area contributed by atoms with Crippen LogP contribution in [0.3, 0.4) is 0 Å². The first-order valence-corrected chi connectivity index (χ1v) is 11.0. The Morgan fingerprint density at radius 2 is 1.67 bits per heavy atom. The number of para-hydroxylation sites is 1. The van der Waals surface area contributed by atoms with Crippen molar-refractivity contribution in [1.29, 1.82) is 0 Å². The molecule has 0 unspecified atom stereocenters. The maximum absolute atomic E-state index is 13.5. The third kappa shape index (κ3) is 4.13. The van der Waals surface area contributed by atoms with E-state index in [2.05, 4.69) is 10.3 Å². The maximum Gasteiger partial charge on any atom is 0.278 e. The zero-order valence-corrected chi connectivity index (χ0v) is 18.5. The molecule has 2 heterocycles. The van der Waals surface area contributed by atoms with Gasteiger partial charge in [0.05, 0.1) is 18.4 Å². The molecule has 0 bridgehead atoms. The second-order valence-corrected chi connectivity index (χ2v) is 8.24. The summed E-state index contributed by atoms with van der Waals surface area (Å²) in [5, 5.41) is 4.37. The van der Waals surface area contributed by atoms with Gasteiger partial charge in [-0.15, -0.1) is 0 Å². The van der Waals surface area contributed by atoms with Crippen molar-refractivity contribution in [1.82, 2.24) is 19.4 Å². The Labute approximate surface area is 195 Å². The molecule has 1 N–H and O–H groups in total. The van der Waals surface area contributed by atoms with Gasteiger partial charge in [-0.3, -0.25) is 14.2 Å². The number of nitrogens with one attached hydrogen (secondary N) is 1. The van der Waals surface area contributed by atoms with Crippen LogP contribution in [0.5, 0.6) is 0 Å². The van der Waals surface area contributed by atoms with E-state index in [-0.39, 0.29) is 18.0 Å². The highest BCUT2D eigenvalue weighted by Crippen LogP contribution is 2.25. The van der Waals surface area contributed by atoms with E-state index in [0.29, 0.717) is 29.1 Å². The van der Waals surface area contributed by atoms with Gasteiger partial charge < -0.3 is 9.88 Å². The van der Waals surface area contributed by atoms with Gasteiger partial charge in [0.15, 0.2) is 0 Å². The summed E-state index contributed by atoms with van der Waals surface area (Å²) in [6.45, 7) is 0.735. The van der Waals surface area contributed by atoms with E-state index < -0.39 is 0 Å². The summed E-state index contributed by atoms with van der Waals surface area (Å²) in [5.41, 5.74) is 3.40. The number of fused-ring (bicyclic) bond motifs is 3. The van der Waals surface area contributed by atoms with Crippen LogP contribution in [0.25, 0.3) is 21.9 Å². The minimum absolute atomic E-state index is 0.0177. The van der Waals surface area contributed by atoms with Crippen molar-refractivity contribution in [3.05, 3.63) is 112 Å². The first-order valence-electron chi connectivity index (χ1n) is 10.6. The fourth-order valence-electron chi connectivity index (χ4n) is 4.03. The first-order chi connectivity index (χ1) is 16.1. The van der Waals surface area contributed by atoms with Crippen LogP contribution in [0.2, 0.25) is 5.02 Å². The summed E-state index contributed by atoms with van der Waals surface area (Å²) in [6, 6.07) is 24.7. The molecule has 0 aliphatic carbocycles. The van der Waals surface area contributed by atoms with Crippen LogP contribution < -0.4 is 10.9 Å². The zero-order chi connectivity index (χ0) is 22.8. The van der Waals surface area contributed by atoms with Crippen LogP contribution in [0, 0.1) is 0 Å². The van der Waals surface area contributed by atoms with Crippen molar-refractivity contribution in [3.8, 4) is 0 Å². The molecular formula is C26H21ClN4O2. The molecule has 164 valence electrons. The van der Waals surface area contributed by atoms with Crippen molar-refractivity contribution in [2.24, 2.45) is 0 Å². The lowest BCUT2D eigenvalue weighted by atomic mass is 10.2. The molecule has 0 fully saturated rings. The number of nitrogens with zero attached hydrogens (tertiary/aromatic N) is 3. The molecular weight excluding hydrogens is 436 g/mol. The van der Waals surface area contributed by atoms with Crippen LogP contribution in [-0.4, -0.2) is 20.0 Å². The van der Waals surface area contributed by atoms with Gasteiger partial charge in [0.2, 0.25) is 5.91 Å². The van der Waals surface area contributed by atoms with Crippen LogP contribution in [0.1, 0.15) is 11.1 Å². The molecule has 0 saturated carbocycles. The second kappa shape index (κ2) is 8.92. The molecule has 3 aromatic carbocycles. The average Bonchev–Trinajstić information content (AvgIpc) is 3.16. The molecule has 5 aromatic rings. The second-order valence-electron chi connectivity index (χ2n) is 7.83. The van der Waals surface area contributed by atoms with E-state index in [9.17, 15) is 9.59 Å². The molecule has 0 spiro atoms. The number of carbonyl (C=O) groups excluding carboxylic acids is 1. The molecule has 6 nitrogen and oxygen atoms in total. The predicted molar refractivity (Wildman–Crippen MR) is 130 cm³/mol. The van der Waals surface area contributed by atoms with Gasteiger partial charge >= 0.3 is 0 Å². The monoisotopic (exact) mass is 456 g/mol. The van der Waals surface area contributed by atoms with Crippen molar-refractivity contribution in [3.63, 3.8) is 0 Å². The number of aromatic nitrogens is 3. The van der Waals surface area contributed by atoms with Gasteiger partial charge in [0.1, 0.15) is 17.6 Å². The molecule has 7 heteroatoms. The van der Waals surface area contributed by atoms with Gasteiger partial charge in [-0.25, -0.2) is 4.98 Å². The summed E-state index contributed by atoms with van der Waals surface area (Å²) >= 11 is 6.30. The van der Waals surface area contributed by atoms with Gasteiger partial charge in [-0.2, -0.15) is 0 Å². The Hall–Kier alpha value is -3.90. The van der Waals surface area contributed by atoms with E-state index in [1.165, 1.54) is 4.57 Å². The third-order valence-corrected chi connectivity index (χ3v) is 6.04. The Bertz CT molecular complexity index is 1520. The normalized spacial score (nSPS) is 11.2. The minimum atomic E-state index is -0.216. The highest BCUT2D eigenvalue weighted by Gasteiger charge is 2.18. The number of carbonyl (C=O) groups is 1. The first kappa shape index (κ1) is 21.0. The summed E-state index contributed by atoms with van der Waals surface area (Å²) in [7, 11) is 0. The summed E-state index contributed by atoms with van der Waals surface area (Å²) in [5.74, 6) is -0.178. The lowest BCUT2D eigenvalue weighted by molar-refractivity contribution is -0.121. The van der Waals surface area contributed by atoms with Gasteiger partial charge in [-0.05, 0) is 23.3 Å². The summed E-state index contributed by atoms with van der Waals surface area (Å²) in [6.07, 6.45) is 1.54.